The third-order valence-corrected chi connectivity index (χ3v) is 4.71. The topological polar surface area (TPSA) is 58.6 Å². The second kappa shape index (κ2) is 4.53. The smallest absolute Gasteiger partial charge is 0.308 e. The molecule has 3 rings (SSSR count). The first kappa shape index (κ1) is 12.5. The molecule has 2 aliphatic rings. The van der Waals surface area contributed by atoms with E-state index < -0.39 is 5.97 Å². The highest BCUT2D eigenvalue weighted by Gasteiger charge is 2.48. The third kappa shape index (κ3) is 2.00. The minimum Gasteiger partial charge on any atom is -0.497 e. The van der Waals surface area contributed by atoms with E-state index in [1.807, 2.05) is 6.07 Å². The number of methoxy groups -OCH3 is 1. The number of ether oxygens (including phenoxy) is 1. The second-order valence-electron chi connectivity index (χ2n) is 5.70. The first-order valence-corrected chi connectivity index (χ1v) is 6.74. The molecule has 1 fully saturated rings. The zero-order chi connectivity index (χ0) is 13.5. The van der Waals surface area contributed by atoms with Gasteiger partial charge in [0.1, 0.15) is 5.75 Å². The lowest BCUT2D eigenvalue weighted by atomic mass is 9.66. The molecule has 0 radical (unpaired) electrons. The van der Waals surface area contributed by atoms with Crippen LogP contribution in [-0.4, -0.2) is 31.3 Å². The van der Waals surface area contributed by atoms with Gasteiger partial charge in [-0.2, -0.15) is 0 Å². The van der Waals surface area contributed by atoms with E-state index in [-0.39, 0.29) is 11.3 Å². The van der Waals surface area contributed by atoms with E-state index in [1.54, 1.807) is 7.11 Å². The number of carboxylic acid groups (broad SMARTS) is 1. The molecule has 2 N–H and O–H groups in total. The molecule has 2 unspecified atom stereocenters. The van der Waals surface area contributed by atoms with E-state index in [0.717, 1.165) is 31.6 Å². The standard InChI is InChI=1S/C15H19NO3/c1-19-12-3-2-10-4-5-15(7-11(10)6-12)9-16-8-13(15)14(17)18/h2-3,6,13,16H,4-5,7-9H2,1H3,(H,17,18). The summed E-state index contributed by atoms with van der Waals surface area (Å²) in [6, 6.07) is 6.16. The van der Waals surface area contributed by atoms with Gasteiger partial charge in [-0.1, -0.05) is 6.07 Å². The van der Waals surface area contributed by atoms with Gasteiger partial charge in [0.25, 0.3) is 0 Å². The lowest BCUT2D eigenvalue weighted by Crippen LogP contribution is -2.39. The van der Waals surface area contributed by atoms with Gasteiger partial charge in [-0.05, 0) is 42.5 Å². The summed E-state index contributed by atoms with van der Waals surface area (Å²) >= 11 is 0. The van der Waals surface area contributed by atoms with Crippen LogP contribution in [-0.2, 0) is 17.6 Å². The van der Waals surface area contributed by atoms with Crippen molar-refractivity contribution in [2.24, 2.45) is 11.3 Å². The largest absolute Gasteiger partial charge is 0.497 e. The van der Waals surface area contributed by atoms with Gasteiger partial charge in [-0.3, -0.25) is 4.79 Å². The number of carboxylic acids is 1. The molecule has 1 heterocycles. The molecular formula is C15H19NO3. The number of aliphatic carboxylic acids is 1. The molecule has 1 aromatic carbocycles. The van der Waals surface area contributed by atoms with Crippen LogP contribution in [0, 0.1) is 11.3 Å². The Morgan fingerprint density at radius 2 is 2.32 bits per heavy atom. The molecule has 4 heteroatoms. The second-order valence-corrected chi connectivity index (χ2v) is 5.70. The molecule has 19 heavy (non-hydrogen) atoms. The molecule has 0 saturated carbocycles. The predicted octanol–water partition coefficient (Wildman–Crippen LogP) is 1.47. The number of fused-ring (bicyclic) bond motifs is 1. The van der Waals surface area contributed by atoms with E-state index in [2.05, 4.69) is 17.4 Å². The van der Waals surface area contributed by atoms with Gasteiger partial charge in [0, 0.05) is 18.5 Å². The average molecular weight is 261 g/mol. The SMILES string of the molecule is COc1ccc2c(c1)CC1(CC2)CNCC1C(=O)O. The molecular weight excluding hydrogens is 242 g/mol. The Kier molecular flexibility index (Phi) is 2.97. The average Bonchev–Trinajstić information content (AvgIpc) is 2.81. The van der Waals surface area contributed by atoms with Gasteiger partial charge in [-0.15, -0.1) is 0 Å². The Bertz CT molecular complexity index is 514. The molecule has 102 valence electrons. The molecule has 0 bridgehead atoms. The van der Waals surface area contributed by atoms with Crippen molar-refractivity contribution in [3.8, 4) is 5.75 Å². The van der Waals surface area contributed by atoms with E-state index in [1.165, 1.54) is 11.1 Å². The lowest BCUT2D eigenvalue weighted by molar-refractivity contribution is -0.145. The zero-order valence-electron chi connectivity index (χ0n) is 11.1. The molecule has 1 aliphatic carbocycles. The van der Waals surface area contributed by atoms with Crippen LogP contribution < -0.4 is 10.1 Å². The van der Waals surface area contributed by atoms with Crippen molar-refractivity contribution in [3.05, 3.63) is 29.3 Å². The summed E-state index contributed by atoms with van der Waals surface area (Å²) in [5, 5.41) is 12.7. The van der Waals surface area contributed by atoms with Gasteiger partial charge in [0.2, 0.25) is 0 Å². The minimum absolute atomic E-state index is 0.120. The van der Waals surface area contributed by atoms with Crippen LogP contribution >= 0.6 is 0 Å². The Morgan fingerprint density at radius 1 is 1.47 bits per heavy atom. The van der Waals surface area contributed by atoms with Gasteiger partial charge in [0.05, 0.1) is 13.0 Å². The maximum Gasteiger partial charge on any atom is 0.308 e. The van der Waals surface area contributed by atoms with Crippen molar-refractivity contribution < 1.29 is 14.6 Å². The minimum atomic E-state index is -0.670. The molecule has 0 amide bonds. The fraction of sp³-hybridized carbons (Fsp3) is 0.533. The first-order chi connectivity index (χ1) is 9.14. The Hall–Kier alpha value is -1.55. The lowest BCUT2D eigenvalue weighted by Gasteiger charge is -2.37. The Morgan fingerprint density at radius 3 is 3.05 bits per heavy atom. The molecule has 4 nitrogen and oxygen atoms in total. The zero-order valence-corrected chi connectivity index (χ0v) is 11.1. The van der Waals surface area contributed by atoms with Crippen LogP contribution in [0.25, 0.3) is 0 Å². The van der Waals surface area contributed by atoms with Crippen LogP contribution in [0.2, 0.25) is 0 Å². The number of aryl methyl sites for hydroxylation is 1. The number of hydrogen-bond donors (Lipinski definition) is 2. The van der Waals surface area contributed by atoms with Crippen LogP contribution in [0.3, 0.4) is 0 Å². The molecule has 0 aromatic heterocycles. The Balaban J connectivity index is 1.94. The van der Waals surface area contributed by atoms with E-state index in [9.17, 15) is 9.90 Å². The van der Waals surface area contributed by atoms with Crippen molar-refractivity contribution in [1.82, 2.24) is 5.32 Å². The van der Waals surface area contributed by atoms with Gasteiger partial charge in [-0.25, -0.2) is 0 Å². The molecule has 1 saturated heterocycles. The summed E-state index contributed by atoms with van der Waals surface area (Å²) in [6.07, 6.45) is 2.75. The monoisotopic (exact) mass is 261 g/mol. The van der Waals surface area contributed by atoms with Crippen LogP contribution in [0.1, 0.15) is 17.5 Å². The van der Waals surface area contributed by atoms with Gasteiger partial charge < -0.3 is 15.2 Å². The third-order valence-electron chi connectivity index (χ3n) is 4.71. The van der Waals surface area contributed by atoms with Gasteiger partial charge >= 0.3 is 5.97 Å². The fourth-order valence-corrected chi connectivity index (χ4v) is 3.59. The fourth-order valence-electron chi connectivity index (χ4n) is 3.59. The highest BCUT2D eigenvalue weighted by Crippen LogP contribution is 2.44. The number of carbonyl (C=O) groups is 1. The normalized spacial score (nSPS) is 29.2. The summed E-state index contributed by atoms with van der Waals surface area (Å²) in [5.74, 6) is -0.0863. The van der Waals surface area contributed by atoms with Crippen molar-refractivity contribution in [2.45, 2.75) is 19.3 Å². The van der Waals surface area contributed by atoms with E-state index >= 15 is 0 Å². The maximum absolute atomic E-state index is 11.4. The molecule has 1 aliphatic heterocycles. The van der Waals surface area contributed by atoms with Crippen molar-refractivity contribution in [3.63, 3.8) is 0 Å². The number of rotatable bonds is 2. The number of benzene rings is 1. The van der Waals surface area contributed by atoms with E-state index in [0.29, 0.717) is 6.54 Å². The van der Waals surface area contributed by atoms with E-state index in [4.69, 9.17) is 4.74 Å². The van der Waals surface area contributed by atoms with Gasteiger partial charge in [0.15, 0.2) is 0 Å². The van der Waals surface area contributed by atoms with Crippen LogP contribution in [0.4, 0.5) is 0 Å². The highest BCUT2D eigenvalue weighted by atomic mass is 16.5. The summed E-state index contributed by atoms with van der Waals surface area (Å²) in [6.45, 7) is 1.40. The number of hydrogen-bond acceptors (Lipinski definition) is 3. The summed E-state index contributed by atoms with van der Waals surface area (Å²) in [7, 11) is 1.66. The maximum atomic E-state index is 11.4. The summed E-state index contributed by atoms with van der Waals surface area (Å²) < 4.78 is 5.27. The highest BCUT2D eigenvalue weighted by molar-refractivity contribution is 5.72. The number of nitrogens with one attached hydrogen (secondary N) is 1. The van der Waals surface area contributed by atoms with Crippen molar-refractivity contribution in [2.75, 3.05) is 20.2 Å². The predicted molar refractivity (Wildman–Crippen MR) is 71.4 cm³/mol. The van der Waals surface area contributed by atoms with Crippen LogP contribution in [0.5, 0.6) is 5.75 Å². The molecule has 1 spiro atoms. The Labute approximate surface area is 112 Å². The van der Waals surface area contributed by atoms with Crippen molar-refractivity contribution >= 4 is 5.97 Å². The first-order valence-electron chi connectivity index (χ1n) is 6.74. The quantitative estimate of drug-likeness (QED) is 0.846. The van der Waals surface area contributed by atoms with Crippen LogP contribution in [0.15, 0.2) is 18.2 Å². The van der Waals surface area contributed by atoms with Crippen molar-refractivity contribution in [1.29, 1.82) is 0 Å². The molecule has 1 aromatic rings. The summed E-state index contributed by atoms with van der Waals surface area (Å²) in [4.78, 5) is 11.4. The summed E-state index contributed by atoms with van der Waals surface area (Å²) in [5.41, 5.74) is 2.47. The molecule has 2 atom stereocenters.